The van der Waals surface area contributed by atoms with Crippen LogP contribution in [0.25, 0.3) is 10.9 Å². The summed E-state index contributed by atoms with van der Waals surface area (Å²) in [4.78, 5) is 15.9. The van der Waals surface area contributed by atoms with Gasteiger partial charge in [0.25, 0.3) is 0 Å². The SMILES string of the molecule is COc1ccc(C(=O)CCCCc2c(C)[nH]c3c(Br)cccc23)cc1OC. The highest BCUT2D eigenvalue weighted by atomic mass is 79.9. The standard InChI is InChI=1S/C22H24BrNO3/c1-14-16(17-8-6-9-18(23)22(17)24-14)7-4-5-10-19(25)15-11-12-20(26-2)21(13-15)27-3/h6,8-9,11-13,24H,4-5,7,10H2,1-3H3. The van der Waals surface area contributed by atoms with Crippen LogP contribution in [0.1, 0.15) is 40.9 Å². The van der Waals surface area contributed by atoms with E-state index in [1.807, 2.05) is 6.07 Å². The Bertz CT molecular complexity index is 962. The predicted octanol–water partition coefficient (Wildman–Crippen LogP) is 5.85. The highest BCUT2D eigenvalue weighted by molar-refractivity contribution is 9.10. The van der Waals surface area contributed by atoms with Crippen molar-refractivity contribution in [3.8, 4) is 11.5 Å². The molecule has 27 heavy (non-hydrogen) atoms. The Morgan fingerprint density at radius 1 is 1.07 bits per heavy atom. The average Bonchev–Trinajstić information content (AvgIpc) is 3.01. The molecule has 5 heteroatoms. The lowest BCUT2D eigenvalue weighted by Gasteiger charge is -2.09. The van der Waals surface area contributed by atoms with Crippen molar-refractivity contribution in [2.24, 2.45) is 0 Å². The summed E-state index contributed by atoms with van der Waals surface area (Å²) in [6.07, 6.45) is 3.31. The number of carbonyl (C=O) groups excluding carboxylic acids is 1. The fraction of sp³-hybridized carbons (Fsp3) is 0.318. The number of H-pyrrole nitrogens is 1. The van der Waals surface area contributed by atoms with Crippen molar-refractivity contribution in [3.63, 3.8) is 0 Å². The maximum atomic E-state index is 12.5. The van der Waals surface area contributed by atoms with Crippen molar-refractivity contribution in [3.05, 3.63) is 57.7 Å². The summed E-state index contributed by atoms with van der Waals surface area (Å²) in [5.41, 5.74) is 4.35. The van der Waals surface area contributed by atoms with E-state index in [1.54, 1.807) is 32.4 Å². The lowest BCUT2D eigenvalue weighted by atomic mass is 10.0. The second-order valence-electron chi connectivity index (χ2n) is 6.59. The summed E-state index contributed by atoms with van der Waals surface area (Å²) >= 11 is 3.60. The minimum absolute atomic E-state index is 0.134. The van der Waals surface area contributed by atoms with Gasteiger partial charge in [-0.05, 0) is 71.9 Å². The van der Waals surface area contributed by atoms with E-state index in [-0.39, 0.29) is 5.78 Å². The summed E-state index contributed by atoms with van der Waals surface area (Å²) < 4.78 is 11.6. The summed E-state index contributed by atoms with van der Waals surface area (Å²) in [5.74, 6) is 1.35. The molecule has 0 atom stereocenters. The number of Topliss-reactive ketones (excluding diaryl/α,β-unsaturated/α-hetero) is 1. The molecule has 1 N–H and O–H groups in total. The van der Waals surface area contributed by atoms with Gasteiger partial charge in [0.15, 0.2) is 17.3 Å². The zero-order valence-electron chi connectivity index (χ0n) is 15.9. The molecule has 2 aromatic carbocycles. The molecule has 0 spiro atoms. The van der Waals surface area contributed by atoms with Crippen LogP contribution in [0.3, 0.4) is 0 Å². The van der Waals surface area contributed by atoms with E-state index in [9.17, 15) is 4.79 Å². The van der Waals surface area contributed by atoms with Gasteiger partial charge in [-0.3, -0.25) is 4.79 Å². The second kappa shape index (κ2) is 8.61. The van der Waals surface area contributed by atoms with Gasteiger partial charge < -0.3 is 14.5 Å². The van der Waals surface area contributed by atoms with Crippen LogP contribution in [0, 0.1) is 6.92 Å². The average molecular weight is 430 g/mol. The van der Waals surface area contributed by atoms with Gasteiger partial charge in [-0.15, -0.1) is 0 Å². The number of methoxy groups -OCH3 is 2. The molecular weight excluding hydrogens is 406 g/mol. The van der Waals surface area contributed by atoms with E-state index < -0.39 is 0 Å². The van der Waals surface area contributed by atoms with Crippen LogP contribution in [-0.2, 0) is 6.42 Å². The van der Waals surface area contributed by atoms with E-state index in [2.05, 4.69) is 40.0 Å². The topological polar surface area (TPSA) is 51.3 Å². The minimum atomic E-state index is 0.134. The number of benzene rings is 2. The molecule has 0 saturated carbocycles. The fourth-order valence-electron chi connectivity index (χ4n) is 3.43. The number of aromatic amines is 1. The van der Waals surface area contributed by atoms with Gasteiger partial charge >= 0.3 is 0 Å². The van der Waals surface area contributed by atoms with E-state index in [4.69, 9.17) is 9.47 Å². The van der Waals surface area contributed by atoms with E-state index >= 15 is 0 Å². The molecule has 142 valence electrons. The van der Waals surface area contributed by atoms with Gasteiger partial charge in [0.2, 0.25) is 0 Å². The van der Waals surface area contributed by atoms with Crippen molar-refractivity contribution in [2.45, 2.75) is 32.6 Å². The molecule has 1 aromatic heterocycles. The molecule has 0 saturated heterocycles. The van der Waals surface area contributed by atoms with E-state index in [0.717, 1.165) is 29.3 Å². The molecule has 0 aliphatic heterocycles. The molecular formula is C22H24BrNO3. The van der Waals surface area contributed by atoms with Crippen molar-refractivity contribution >= 4 is 32.6 Å². The first-order valence-corrected chi connectivity index (χ1v) is 9.85. The molecule has 3 rings (SSSR count). The van der Waals surface area contributed by atoms with Crippen molar-refractivity contribution in [1.29, 1.82) is 0 Å². The highest BCUT2D eigenvalue weighted by Gasteiger charge is 2.12. The summed E-state index contributed by atoms with van der Waals surface area (Å²) in [5, 5.41) is 1.26. The summed E-state index contributed by atoms with van der Waals surface area (Å²) in [6, 6.07) is 11.6. The molecule has 0 unspecified atom stereocenters. The molecule has 0 amide bonds. The number of nitrogens with one attached hydrogen (secondary N) is 1. The van der Waals surface area contributed by atoms with Gasteiger partial charge in [-0.25, -0.2) is 0 Å². The molecule has 0 aliphatic carbocycles. The van der Waals surface area contributed by atoms with Crippen LogP contribution in [-0.4, -0.2) is 25.0 Å². The number of halogens is 1. The monoisotopic (exact) mass is 429 g/mol. The fourth-order valence-corrected chi connectivity index (χ4v) is 3.90. The number of carbonyl (C=O) groups is 1. The van der Waals surface area contributed by atoms with Gasteiger partial charge in [0, 0.05) is 27.5 Å². The Balaban J connectivity index is 1.60. The Morgan fingerprint density at radius 2 is 1.85 bits per heavy atom. The number of ether oxygens (including phenoxy) is 2. The molecule has 0 radical (unpaired) electrons. The summed E-state index contributed by atoms with van der Waals surface area (Å²) in [6.45, 7) is 2.11. The summed E-state index contributed by atoms with van der Waals surface area (Å²) in [7, 11) is 3.17. The van der Waals surface area contributed by atoms with Crippen LogP contribution in [0.15, 0.2) is 40.9 Å². The molecule has 0 fully saturated rings. The van der Waals surface area contributed by atoms with E-state index in [0.29, 0.717) is 23.5 Å². The van der Waals surface area contributed by atoms with Gasteiger partial charge in [0.05, 0.1) is 19.7 Å². The van der Waals surface area contributed by atoms with Crippen LogP contribution >= 0.6 is 15.9 Å². The number of hydrogen-bond donors (Lipinski definition) is 1. The first-order valence-electron chi connectivity index (χ1n) is 9.06. The molecule has 1 heterocycles. The third-order valence-corrected chi connectivity index (χ3v) is 5.55. The minimum Gasteiger partial charge on any atom is -0.493 e. The zero-order valence-corrected chi connectivity index (χ0v) is 17.5. The Hall–Kier alpha value is -2.27. The maximum Gasteiger partial charge on any atom is 0.163 e. The van der Waals surface area contributed by atoms with Crippen LogP contribution < -0.4 is 9.47 Å². The lowest BCUT2D eigenvalue weighted by Crippen LogP contribution is -2.01. The number of para-hydroxylation sites is 1. The Labute approximate surface area is 168 Å². The van der Waals surface area contributed by atoms with Gasteiger partial charge in [-0.2, -0.15) is 0 Å². The van der Waals surface area contributed by atoms with Gasteiger partial charge in [-0.1, -0.05) is 12.1 Å². The largest absolute Gasteiger partial charge is 0.493 e. The van der Waals surface area contributed by atoms with E-state index in [1.165, 1.54) is 16.6 Å². The number of aryl methyl sites for hydroxylation is 2. The van der Waals surface area contributed by atoms with Crippen LogP contribution in [0.2, 0.25) is 0 Å². The quantitative estimate of drug-likeness (QED) is 0.360. The number of aromatic nitrogens is 1. The van der Waals surface area contributed by atoms with Crippen LogP contribution in [0.5, 0.6) is 11.5 Å². The zero-order chi connectivity index (χ0) is 19.4. The van der Waals surface area contributed by atoms with Gasteiger partial charge in [0.1, 0.15) is 0 Å². The third kappa shape index (κ3) is 4.19. The Morgan fingerprint density at radius 3 is 2.59 bits per heavy atom. The molecule has 0 bridgehead atoms. The maximum absolute atomic E-state index is 12.5. The number of ketones is 1. The predicted molar refractivity (Wildman–Crippen MR) is 112 cm³/mol. The van der Waals surface area contributed by atoms with Crippen molar-refractivity contribution in [1.82, 2.24) is 4.98 Å². The second-order valence-corrected chi connectivity index (χ2v) is 7.45. The van der Waals surface area contributed by atoms with Crippen molar-refractivity contribution in [2.75, 3.05) is 14.2 Å². The number of hydrogen-bond acceptors (Lipinski definition) is 3. The highest BCUT2D eigenvalue weighted by Crippen LogP contribution is 2.30. The normalized spacial score (nSPS) is 11.0. The lowest BCUT2D eigenvalue weighted by molar-refractivity contribution is 0.0979. The molecule has 0 aliphatic rings. The number of rotatable bonds is 8. The first-order chi connectivity index (χ1) is 13.0. The molecule has 4 nitrogen and oxygen atoms in total. The smallest absolute Gasteiger partial charge is 0.163 e. The molecule has 3 aromatic rings. The van der Waals surface area contributed by atoms with Crippen LogP contribution in [0.4, 0.5) is 0 Å². The third-order valence-electron chi connectivity index (χ3n) is 4.89. The Kier molecular flexibility index (Phi) is 6.22. The van der Waals surface area contributed by atoms with Crippen molar-refractivity contribution < 1.29 is 14.3 Å². The first kappa shape index (κ1) is 19.5. The number of fused-ring (bicyclic) bond motifs is 1. The number of unbranched alkanes of at least 4 members (excludes halogenated alkanes) is 1.